The molecule has 356 valence electrons. The first-order valence-corrected chi connectivity index (χ1v) is 24.4. The summed E-state index contributed by atoms with van der Waals surface area (Å²) in [6.07, 6.45) is 0. The van der Waals surface area contributed by atoms with E-state index in [1.165, 1.54) is 97.1 Å². The molecule has 0 saturated carbocycles. The summed E-state index contributed by atoms with van der Waals surface area (Å²) in [6.45, 7) is 0. The number of benzene rings is 4. The van der Waals surface area contributed by atoms with Crippen LogP contribution in [0.4, 0.5) is 0 Å². The molecule has 0 saturated heterocycles. The third-order valence-electron chi connectivity index (χ3n) is 10.6. The minimum Gasteiger partial charge on any atom is -0.744 e. The number of fused-ring (bicyclic) bond motifs is 8. The van der Waals surface area contributed by atoms with Crippen molar-refractivity contribution in [3.8, 4) is 0 Å². The predicted octanol–water partition coefficient (Wildman–Crippen LogP) is 3.42. The predicted molar refractivity (Wildman–Crippen MR) is 250 cm³/mol. The van der Waals surface area contributed by atoms with Crippen LogP contribution < -0.4 is 46.0 Å². The van der Waals surface area contributed by atoms with Crippen molar-refractivity contribution in [1.82, 2.24) is 44.5 Å². The van der Waals surface area contributed by atoms with Crippen molar-refractivity contribution in [3.63, 3.8) is 0 Å². The lowest BCUT2D eigenvalue weighted by molar-refractivity contribution is 0.461. The molecule has 8 bridgehead atoms. The van der Waals surface area contributed by atoms with Crippen LogP contribution >= 0.6 is 0 Å². The van der Waals surface area contributed by atoms with Gasteiger partial charge in [-0.2, -0.15) is 0 Å². The lowest BCUT2D eigenvalue weighted by Gasteiger charge is -2.12. The molecule has 0 spiro atoms. The first kappa shape index (κ1) is 51.9. The van der Waals surface area contributed by atoms with Gasteiger partial charge >= 0.3 is 0 Å². The Morgan fingerprint density at radius 2 is 0.426 bits per heavy atom. The number of rotatable bonds is 8. The highest BCUT2D eigenvalue weighted by molar-refractivity contribution is 7.86. The number of H-pyrrole nitrogens is 4. The second-order valence-corrected chi connectivity index (χ2v) is 20.1. The first-order valence-electron chi connectivity index (χ1n) is 18.7. The summed E-state index contributed by atoms with van der Waals surface area (Å²) in [5.74, 6) is 0. The molecule has 8 aromatic rings. The summed E-state index contributed by atoms with van der Waals surface area (Å²) < 4.78 is 143. The molecule has 4 aromatic heterocycles. The van der Waals surface area contributed by atoms with Crippen LogP contribution in [-0.2, 0) is 40.5 Å². The van der Waals surface area contributed by atoms with E-state index in [1.807, 2.05) is 0 Å². The van der Waals surface area contributed by atoms with E-state index < -0.39 is 60.1 Å². The highest BCUT2D eigenvalue weighted by Gasteiger charge is 2.20. The highest BCUT2D eigenvalue weighted by atomic mass is 32.2. The maximum Gasteiger partial charge on any atom is 0.124 e. The van der Waals surface area contributed by atoms with Crippen LogP contribution in [0.25, 0.3) is 22.3 Å². The van der Waals surface area contributed by atoms with Crippen molar-refractivity contribution in [1.29, 1.82) is 0 Å². The molecule has 24 heteroatoms. The van der Waals surface area contributed by atoms with Gasteiger partial charge in [0.25, 0.3) is 0 Å². The third-order valence-corrected chi connectivity index (χ3v) is 14.0. The minimum atomic E-state index is -4.80. The van der Waals surface area contributed by atoms with Crippen LogP contribution in [0.5, 0.6) is 0 Å². The zero-order valence-electron chi connectivity index (χ0n) is 36.4. The molecule has 5 heterocycles. The highest BCUT2D eigenvalue weighted by Crippen LogP contribution is 2.29. The number of aromatic nitrogens is 4. The molecular weight excluding hydrogens is 961 g/mol. The summed E-state index contributed by atoms with van der Waals surface area (Å²) in [5, 5.41) is 1.97. The number of hydrogen-bond acceptors (Lipinski definition) is 12. The largest absolute Gasteiger partial charge is 0.744 e. The Hall–Kier alpha value is -7.04. The zero-order chi connectivity index (χ0) is 45.3. The lowest BCUT2D eigenvalue weighted by Crippen LogP contribution is -2.19. The van der Waals surface area contributed by atoms with E-state index in [4.69, 9.17) is 0 Å². The molecule has 0 radical (unpaired) electrons. The van der Waals surface area contributed by atoms with Crippen molar-refractivity contribution in [2.45, 2.75) is 19.6 Å². The monoisotopic (exact) mass is 1000 g/mol. The van der Waals surface area contributed by atoms with Crippen LogP contribution in [0.1, 0.15) is 45.0 Å². The molecule has 0 unspecified atom stereocenters. The maximum atomic E-state index is 11.9. The van der Waals surface area contributed by atoms with E-state index in [2.05, 4.69) is 19.9 Å². The van der Waals surface area contributed by atoms with E-state index in [0.29, 0.717) is 88.7 Å². The molecule has 68 heavy (non-hydrogen) atoms. The molecule has 0 amide bonds. The van der Waals surface area contributed by atoms with E-state index in [9.17, 15) is 51.9 Å². The van der Waals surface area contributed by atoms with Crippen LogP contribution in [-0.4, -0.2) is 71.8 Å². The molecule has 0 aliphatic carbocycles. The molecule has 20 N–H and O–H groups in total. The summed E-state index contributed by atoms with van der Waals surface area (Å²) in [6, 6.07) is 35.4. The average Bonchev–Trinajstić information content (AvgIpc) is 4.08. The van der Waals surface area contributed by atoms with Crippen LogP contribution in [0, 0.1) is 0 Å². The van der Waals surface area contributed by atoms with Crippen molar-refractivity contribution >= 4 is 62.8 Å². The molecule has 4 aromatic carbocycles. The molecular formula is C44H44N8O12S4. The molecule has 20 nitrogen and oxygen atoms in total. The fourth-order valence-corrected chi connectivity index (χ4v) is 9.60. The Kier molecular flexibility index (Phi) is 14.5. The van der Waals surface area contributed by atoms with E-state index in [-0.39, 0.29) is 24.6 Å². The standard InChI is InChI=1S/C44H32N4O12S4.4H3N/c49-61(50,51)29-9-1-25(2-10-29)41-33-17-19-35(45-33)42(26-3-11-30(12-4-26)62(52,53)54)37-21-23-39(47-37)44(28-7-15-32(16-8-28)64(58,59)60)40-24-22-38(48-40)43(36-20-18-34(41)46-36)27-5-13-31(14-6-27)63(55,56)57;;;;/h1-24,45-48H,(H,49,50,51)(H,52,53,54)(H,55,56,57)(H,58,59,60);4*1H3. The van der Waals surface area contributed by atoms with Crippen molar-refractivity contribution < 1.29 is 51.9 Å². The summed E-state index contributed by atoms with van der Waals surface area (Å²) in [5.41, 5.74) is 5.93. The normalized spacial score (nSPS) is 12.9. The van der Waals surface area contributed by atoms with E-state index in [0.717, 1.165) is 0 Å². The van der Waals surface area contributed by atoms with Gasteiger partial charge in [-0.1, -0.05) is 48.5 Å². The Bertz CT molecular complexity index is 3410. The number of quaternary nitrogens is 4. The number of nitrogens with one attached hydrogen (secondary N) is 4. The van der Waals surface area contributed by atoms with Gasteiger partial charge in [0.15, 0.2) is 0 Å². The Balaban J connectivity index is 0.00000216. The Morgan fingerprint density at radius 1 is 0.250 bits per heavy atom. The fourth-order valence-electron chi connectivity index (χ4n) is 7.72. The molecule has 1 aliphatic rings. The van der Waals surface area contributed by atoms with Crippen molar-refractivity contribution in [2.24, 2.45) is 0 Å². The number of aromatic amines is 4. The average molecular weight is 1010 g/mol. The van der Waals surface area contributed by atoms with Crippen molar-refractivity contribution in [2.75, 3.05) is 0 Å². The van der Waals surface area contributed by atoms with Crippen LogP contribution in [0.2, 0.25) is 0 Å². The van der Waals surface area contributed by atoms with Gasteiger partial charge in [-0.15, -0.1) is 0 Å². The third kappa shape index (κ3) is 9.97. The maximum absolute atomic E-state index is 11.9. The number of hydrogen-bond donors (Lipinski definition) is 8. The van der Waals surface area contributed by atoms with Crippen LogP contribution in [0.15, 0.2) is 165 Å². The molecule has 1 aliphatic heterocycles. The Labute approximate surface area is 388 Å². The van der Waals surface area contributed by atoms with E-state index >= 15 is 0 Å². The second kappa shape index (κ2) is 18.9. The van der Waals surface area contributed by atoms with Gasteiger partial charge in [-0.05, 0) is 119 Å². The lowest BCUT2D eigenvalue weighted by atomic mass is 10.0. The van der Waals surface area contributed by atoms with Gasteiger partial charge in [-0.3, -0.25) is 0 Å². The quantitative estimate of drug-likeness (QED) is 0.102. The smallest absolute Gasteiger partial charge is 0.124 e. The van der Waals surface area contributed by atoms with Crippen molar-refractivity contribution in [3.05, 3.63) is 212 Å². The van der Waals surface area contributed by atoms with Gasteiger partial charge in [0.2, 0.25) is 0 Å². The topological polar surface area (TPSA) is 438 Å². The summed E-state index contributed by atoms with van der Waals surface area (Å²) in [7, 11) is -19.2. The van der Waals surface area contributed by atoms with E-state index in [1.54, 1.807) is 48.5 Å². The summed E-state index contributed by atoms with van der Waals surface area (Å²) >= 11 is 0. The minimum absolute atomic E-state index is 0. The van der Waals surface area contributed by atoms with Crippen LogP contribution in [0.3, 0.4) is 0 Å². The van der Waals surface area contributed by atoms with Gasteiger partial charge in [0, 0.05) is 66.5 Å². The van der Waals surface area contributed by atoms with Gasteiger partial charge in [0.1, 0.15) is 40.5 Å². The van der Waals surface area contributed by atoms with Gasteiger partial charge in [0.05, 0.1) is 19.6 Å². The van der Waals surface area contributed by atoms with Gasteiger partial charge < -0.3 is 62.7 Å². The first-order chi connectivity index (χ1) is 30.2. The fraction of sp³-hybridized carbons (Fsp3) is 0. The molecule has 9 rings (SSSR count). The second-order valence-electron chi connectivity index (χ2n) is 14.6. The molecule has 0 fully saturated rings. The zero-order valence-corrected chi connectivity index (χ0v) is 39.7. The van der Waals surface area contributed by atoms with Gasteiger partial charge in [-0.25, -0.2) is 33.7 Å². The Morgan fingerprint density at radius 3 is 0.588 bits per heavy atom. The summed E-state index contributed by atoms with van der Waals surface area (Å²) in [4.78, 5) is 12.0. The SMILES string of the molecule is O=S(=O)([O-])c1ccc(C2=c3ccc([nH]3)=C(c3ccc(S(=O)(=O)[O-])cc3)c3ccc([nH]3)C(c3ccc(S(=O)(=O)[O-])cc3)=c3ccc([nH]3)=C(c3ccc(S(=O)(=O)[O-])cc3)c3ccc2[nH]3)cc1.[NH4+].[NH4+].[NH4+].[NH4+]. The molecule has 0 atom stereocenters.